The third-order valence-electron chi connectivity index (χ3n) is 5.45. The van der Waals surface area contributed by atoms with E-state index < -0.39 is 15.7 Å². The SMILES string of the molecule is O=C1NC2(CCCC2)C(=O)N1CCCNS(=O)(=O)N1CCCCCC1. The predicted octanol–water partition coefficient (Wildman–Crippen LogP) is 0.952. The Kier molecular flexibility index (Phi) is 5.65. The summed E-state index contributed by atoms with van der Waals surface area (Å²) in [5, 5.41) is 2.84. The summed E-state index contributed by atoms with van der Waals surface area (Å²) in [4.78, 5) is 25.8. The molecule has 0 radical (unpaired) electrons. The number of hydrogen-bond acceptors (Lipinski definition) is 4. The number of carbonyl (C=O) groups is 2. The van der Waals surface area contributed by atoms with Crippen LogP contribution >= 0.6 is 0 Å². The van der Waals surface area contributed by atoms with Gasteiger partial charge in [0.1, 0.15) is 5.54 Å². The van der Waals surface area contributed by atoms with Crippen molar-refractivity contribution in [2.45, 2.75) is 63.3 Å². The van der Waals surface area contributed by atoms with Gasteiger partial charge < -0.3 is 5.32 Å². The van der Waals surface area contributed by atoms with Crippen molar-refractivity contribution in [2.75, 3.05) is 26.2 Å². The summed E-state index contributed by atoms with van der Waals surface area (Å²) in [5.41, 5.74) is -0.692. The molecular formula is C16H28N4O4S. The first-order chi connectivity index (χ1) is 11.9. The van der Waals surface area contributed by atoms with Gasteiger partial charge in [-0.3, -0.25) is 9.69 Å². The lowest BCUT2D eigenvalue weighted by molar-refractivity contribution is -0.131. The lowest BCUT2D eigenvalue weighted by Gasteiger charge is -2.21. The van der Waals surface area contributed by atoms with Gasteiger partial charge in [-0.2, -0.15) is 12.7 Å². The van der Waals surface area contributed by atoms with Gasteiger partial charge in [-0.15, -0.1) is 0 Å². The Morgan fingerprint density at radius 1 is 1.00 bits per heavy atom. The smallest absolute Gasteiger partial charge is 0.323 e. The fourth-order valence-electron chi connectivity index (χ4n) is 4.01. The molecule has 8 nitrogen and oxygen atoms in total. The van der Waals surface area contributed by atoms with E-state index in [-0.39, 0.29) is 25.0 Å². The van der Waals surface area contributed by atoms with Gasteiger partial charge in [0.25, 0.3) is 16.1 Å². The van der Waals surface area contributed by atoms with Crippen molar-refractivity contribution in [3.05, 3.63) is 0 Å². The molecule has 25 heavy (non-hydrogen) atoms. The summed E-state index contributed by atoms with van der Waals surface area (Å²) in [6.07, 6.45) is 7.66. The van der Waals surface area contributed by atoms with E-state index >= 15 is 0 Å². The van der Waals surface area contributed by atoms with Crippen LogP contribution in [0.15, 0.2) is 0 Å². The topological polar surface area (TPSA) is 98.8 Å². The maximum atomic E-state index is 12.5. The van der Waals surface area contributed by atoms with Crippen LogP contribution in [0.5, 0.6) is 0 Å². The molecular weight excluding hydrogens is 344 g/mol. The van der Waals surface area contributed by atoms with Crippen LogP contribution in [-0.2, 0) is 15.0 Å². The van der Waals surface area contributed by atoms with E-state index in [4.69, 9.17) is 0 Å². The molecule has 3 amide bonds. The predicted molar refractivity (Wildman–Crippen MR) is 93.0 cm³/mol. The van der Waals surface area contributed by atoms with Gasteiger partial charge in [-0.25, -0.2) is 9.52 Å². The van der Waals surface area contributed by atoms with E-state index in [0.717, 1.165) is 38.5 Å². The Morgan fingerprint density at radius 3 is 2.28 bits per heavy atom. The average molecular weight is 372 g/mol. The summed E-state index contributed by atoms with van der Waals surface area (Å²) in [5.74, 6) is -0.148. The minimum atomic E-state index is -3.47. The minimum absolute atomic E-state index is 0.148. The van der Waals surface area contributed by atoms with Crippen LogP contribution in [-0.4, -0.2) is 61.3 Å². The van der Waals surface area contributed by atoms with Crippen LogP contribution in [0.4, 0.5) is 4.79 Å². The molecule has 0 unspecified atom stereocenters. The van der Waals surface area contributed by atoms with E-state index in [1.807, 2.05) is 0 Å². The monoisotopic (exact) mass is 372 g/mol. The molecule has 0 bridgehead atoms. The molecule has 2 heterocycles. The second-order valence-corrected chi connectivity index (χ2v) is 9.00. The fourth-order valence-corrected chi connectivity index (χ4v) is 5.33. The highest BCUT2D eigenvalue weighted by atomic mass is 32.2. The molecule has 142 valence electrons. The van der Waals surface area contributed by atoms with Gasteiger partial charge in [0.15, 0.2) is 0 Å². The Labute approximate surface area is 149 Å². The first kappa shape index (κ1) is 18.6. The molecule has 3 aliphatic rings. The molecule has 0 aromatic rings. The molecule has 0 aromatic heterocycles. The Bertz CT molecular complexity index is 608. The molecule has 2 aliphatic heterocycles. The van der Waals surface area contributed by atoms with Gasteiger partial charge >= 0.3 is 6.03 Å². The normalized spacial score (nSPS) is 24.7. The highest BCUT2D eigenvalue weighted by molar-refractivity contribution is 7.87. The van der Waals surface area contributed by atoms with Crippen LogP contribution < -0.4 is 10.0 Å². The molecule has 0 atom stereocenters. The van der Waals surface area contributed by atoms with Crippen molar-refractivity contribution in [1.29, 1.82) is 0 Å². The van der Waals surface area contributed by atoms with Gasteiger partial charge in [-0.1, -0.05) is 25.7 Å². The molecule has 1 saturated carbocycles. The number of imide groups is 1. The van der Waals surface area contributed by atoms with Crippen molar-refractivity contribution in [3.63, 3.8) is 0 Å². The molecule has 9 heteroatoms. The first-order valence-corrected chi connectivity index (χ1v) is 10.8. The maximum absolute atomic E-state index is 12.5. The zero-order valence-corrected chi connectivity index (χ0v) is 15.4. The Hall–Kier alpha value is -1.19. The van der Waals surface area contributed by atoms with Gasteiger partial charge in [0.2, 0.25) is 0 Å². The first-order valence-electron chi connectivity index (χ1n) is 9.33. The highest BCUT2D eigenvalue weighted by Crippen LogP contribution is 2.34. The van der Waals surface area contributed by atoms with Crippen molar-refractivity contribution in [1.82, 2.24) is 19.2 Å². The summed E-state index contributed by atoms with van der Waals surface area (Å²) < 4.78 is 28.7. The van der Waals surface area contributed by atoms with Crippen LogP contribution in [0.1, 0.15) is 57.8 Å². The molecule has 0 aromatic carbocycles. The number of hydrogen-bond donors (Lipinski definition) is 2. The summed E-state index contributed by atoms with van der Waals surface area (Å²) in [7, 11) is -3.47. The summed E-state index contributed by atoms with van der Waals surface area (Å²) in [6.45, 7) is 1.59. The number of amides is 3. The summed E-state index contributed by atoms with van der Waals surface area (Å²) >= 11 is 0. The third-order valence-corrected chi connectivity index (χ3v) is 7.06. The van der Waals surface area contributed by atoms with Crippen LogP contribution in [0, 0.1) is 0 Å². The quantitative estimate of drug-likeness (QED) is 0.536. The molecule has 3 rings (SSSR count). The van der Waals surface area contributed by atoms with E-state index in [9.17, 15) is 18.0 Å². The maximum Gasteiger partial charge on any atom is 0.325 e. The fraction of sp³-hybridized carbons (Fsp3) is 0.875. The second kappa shape index (κ2) is 7.59. The van der Waals surface area contributed by atoms with Gasteiger partial charge in [0.05, 0.1) is 0 Å². The zero-order chi connectivity index (χ0) is 17.9. The van der Waals surface area contributed by atoms with Crippen LogP contribution in [0.3, 0.4) is 0 Å². The van der Waals surface area contributed by atoms with E-state index in [1.54, 1.807) is 0 Å². The number of nitrogens with one attached hydrogen (secondary N) is 2. The molecule has 2 saturated heterocycles. The lowest BCUT2D eigenvalue weighted by Crippen LogP contribution is -2.44. The second-order valence-electron chi connectivity index (χ2n) is 7.24. The largest absolute Gasteiger partial charge is 0.325 e. The average Bonchev–Trinajstić information content (AvgIpc) is 2.99. The van der Waals surface area contributed by atoms with Crippen molar-refractivity contribution in [3.8, 4) is 0 Å². The van der Waals surface area contributed by atoms with E-state index in [2.05, 4.69) is 10.0 Å². The standard InChI is InChI=1S/C16H28N4O4S/c21-14-16(8-3-4-9-16)18-15(22)20(14)13-7-10-17-25(23,24)19-11-5-1-2-6-12-19/h17H,1-13H2,(H,18,22). The third kappa shape index (κ3) is 3.98. The van der Waals surface area contributed by atoms with Gasteiger partial charge in [0, 0.05) is 26.2 Å². The van der Waals surface area contributed by atoms with E-state index in [1.165, 1.54) is 9.21 Å². The minimum Gasteiger partial charge on any atom is -0.323 e. The number of urea groups is 1. The Morgan fingerprint density at radius 2 is 1.64 bits per heavy atom. The molecule has 3 fully saturated rings. The molecule has 1 aliphatic carbocycles. The van der Waals surface area contributed by atoms with Crippen molar-refractivity contribution in [2.24, 2.45) is 0 Å². The van der Waals surface area contributed by atoms with Crippen LogP contribution in [0.25, 0.3) is 0 Å². The lowest BCUT2D eigenvalue weighted by atomic mass is 9.98. The van der Waals surface area contributed by atoms with Crippen molar-refractivity contribution < 1.29 is 18.0 Å². The summed E-state index contributed by atoms with van der Waals surface area (Å²) in [6, 6.07) is -0.345. The molecule has 1 spiro atoms. The van der Waals surface area contributed by atoms with E-state index in [0.29, 0.717) is 32.4 Å². The zero-order valence-electron chi connectivity index (χ0n) is 14.6. The molecule has 2 N–H and O–H groups in total. The number of rotatable bonds is 6. The van der Waals surface area contributed by atoms with Crippen molar-refractivity contribution >= 4 is 22.1 Å². The highest BCUT2D eigenvalue weighted by Gasteiger charge is 2.51. The Balaban J connectivity index is 1.46. The van der Waals surface area contributed by atoms with Crippen LogP contribution in [0.2, 0.25) is 0 Å². The number of carbonyl (C=O) groups excluding carboxylic acids is 2. The number of nitrogens with zero attached hydrogens (tertiary/aromatic N) is 2. The van der Waals surface area contributed by atoms with Gasteiger partial charge in [-0.05, 0) is 32.1 Å².